The summed E-state index contributed by atoms with van der Waals surface area (Å²) in [6.07, 6.45) is 3.57. The van der Waals surface area contributed by atoms with E-state index in [1.807, 2.05) is 60.3 Å². The molecule has 124 valence electrons. The number of aromatic nitrogens is 2. The van der Waals surface area contributed by atoms with Gasteiger partial charge < -0.3 is 14.1 Å². The van der Waals surface area contributed by atoms with E-state index in [4.69, 9.17) is 4.42 Å². The van der Waals surface area contributed by atoms with E-state index in [1.54, 1.807) is 12.1 Å². The smallest absolute Gasteiger partial charge is 0.342 e. The average Bonchev–Trinajstić information content (AvgIpc) is 3.15. The van der Waals surface area contributed by atoms with E-state index in [-0.39, 0.29) is 4.91 Å². The number of para-hydroxylation sites is 3. The molecule has 0 saturated carbocycles. The summed E-state index contributed by atoms with van der Waals surface area (Å²) >= 11 is 1.01. The van der Waals surface area contributed by atoms with Gasteiger partial charge in [-0.05, 0) is 36.0 Å². The maximum atomic E-state index is 11.7. The molecule has 0 bridgehead atoms. The molecule has 0 amide bonds. The number of carboxylic acid groups (broad SMARTS) is 1. The Morgan fingerprint density at radius 2 is 1.96 bits per heavy atom. The highest BCUT2D eigenvalue weighted by atomic mass is 32.2. The van der Waals surface area contributed by atoms with Crippen molar-refractivity contribution in [3.63, 3.8) is 0 Å². The van der Waals surface area contributed by atoms with E-state index in [2.05, 4.69) is 4.98 Å². The van der Waals surface area contributed by atoms with E-state index >= 15 is 0 Å². The standard InChI is InChI=1S/C19H14N2O3S/c1-21-11-12(13-6-2-4-8-15(13)21)10-17(18(22)23)25-19-20-14-7-3-5-9-16(14)24-19/h2-11H,1H3,(H,22,23)/b17-10-. The highest BCUT2D eigenvalue weighted by molar-refractivity contribution is 8.03. The molecule has 0 radical (unpaired) electrons. The number of carbonyl (C=O) groups is 1. The third-order valence-electron chi connectivity index (χ3n) is 3.90. The summed E-state index contributed by atoms with van der Waals surface area (Å²) in [6.45, 7) is 0. The number of aryl methyl sites for hydroxylation is 1. The van der Waals surface area contributed by atoms with Gasteiger partial charge in [-0.15, -0.1) is 0 Å². The number of rotatable bonds is 4. The topological polar surface area (TPSA) is 68.3 Å². The van der Waals surface area contributed by atoms with Gasteiger partial charge >= 0.3 is 5.97 Å². The molecule has 5 nitrogen and oxygen atoms in total. The summed E-state index contributed by atoms with van der Waals surface area (Å²) in [7, 11) is 1.94. The summed E-state index contributed by atoms with van der Waals surface area (Å²) < 4.78 is 7.60. The number of hydrogen-bond donors (Lipinski definition) is 1. The minimum atomic E-state index is -1.01. The van der Waals surface area contributed by atoms with Crippen LogP contribution in [0.15, 0.2) is 69.3 Å². The molecule has 0 aliphatic heterocycles. The summed E-state index contributed by atoms with van der Waals surface area (Å²) in [5.74, 6) is -1.01. The first-order valence-corrected chi connectivity index (χ1v) is 8.46. The lowest BCUT2D eigenvalue weighted by atomic mass is 10.1. The number of nitrogens with zero attached hydrogens (tertiary/aromatic N) is 2. The molecule has 1 N–H and O–H groups in total. The Morgan fingerprint density at radius 3 is 2.76 bits per heavy atom. The normalized spacial score (nSPS) is 12.1. The first kappa shape index (κ1) is 15.5. The largest absolute Gasteiger partial charge is 0.477 e. The van der Waals surface area contributed by atoms with Crippen molar-refractivity contribution in [2.45, 2.75) is 5.22 Å². The van der Waals surface area contributed by atoms with Gasteiger partial charge in [-0.3, -0.25) is 0 Å². The van der Waals surface area contributed by atoms with Crippen LogP contribution in [0.25, 0.3) is 28.1 Å². The highest BCUT2D eigenvalue weighted by Crippen LogP contribution is 2.32. The van der Waals surface area contributed by atoms with Crippen LogP contribution < -0.4 is 0 Å². The molecular weight excluding hydrogens is 336 g/mol. The van der Waals surface area contributed by atoms with E-state index < -0.39 is 5.97 Å². The van der Waals surface area contributed by atoms with Gasteiger partial charge in [-0.2, -0.15) is 0 Å². The number of hydrogen-bond acceptors (Lipinski definition) is 4. The minimum absolute atomic E-state index is 0.155. The predicted molar refractivity (Wildman–Crippen MR) is 98.4 cm³/mol. The fraction of sp³-hybridized carbons (Fsp3) is 0.0526. The van der Waals surface area contributed by atoms with Crippen LogP contribution in [0.4, 0.5) is 0 Å². The van der Waals surface area contributed by atoms with Crippen molar-refractivity contribution in [3.8, 4) is 0 Å². The van der Waals surface area contributed by atoms with Crippen molar-refractivity contribution < 1.29 is 14.3 Å². The zero-order valence-electron chi connectivity index (χ0n) is 13.3. The molecule has 6 heteroatoms. The van der Waals surface area contributed by atoms with Crippen LogP contribution in [0.2, 0.25) is 0 Å². The van der Waals surface area contributed by atoms with Crippen LogP contribution in [-0.4, -0.2) is 20.6 Å². The van der Waals surface area contributed by atoms with Crippen LogP contribution in [-0.2, 0) is 11.8 Å². The number of carboxylic acids is 1. The van der Waals surface area contributed by atoms with E-state index in [9.17, 15) is 9.90 Å². The molecule has 0 aliphatic rings. The van der Waals surface area contributed by atoms with Crippen molar-refractivity contribution in [1.82, 2.24) is 9.55 Å². The molecule has 2 aromatic heterocycles. The maximum Gasteiger partial charge on any atom is 0.342 e. The van der Waals surface area contributed by atoms with Crippen molar-refractivity contribution in [1.29, 1.82) is 0 Å². The lowest BCUT2D eigenvalue weighted by Gasteiger charge is -1.98. The Hall–Kier alpha value is -2.99. The predicted octanol–water partition coefficient (Wildman–Crippen LogP) is 4.54. The van der Waals surface area contributed by atoms with Gasteiger partial charge in [-0.25, -0.2) is 9.78 Å². The molecule has 4 rings (SSSR count). The monoisotopic (exact) mass is 350 g/mol. The average molecular weight is 350 g/mol. The van der Waals surface area contributed by atoms with Gasteiger partial charge in [0.05, 0.1) is 0 Å². The number of benzene rings is 2. The van der Waals surface area contributed by atoms with Crippen molar-refractivity contribution in [3.05, 3.63) is 65.2 Å². The van der Waals surface area contributed by atoms with Crippen LogP contribution >= 0.6 is 11.8 Å². The second kappa shape index (κ2) is 6.14. The minimum Gasteiger partial charge on any atom is -0.477 e. The molecule has 25 heavy (non-hydrogen) atoms. The van der Waals surface area contributed by atoms with Crippen molar-refractivity contribution in [2.24, 2.45) is 7.05 Å². The Balaban J connectivity index is 1.75. The Morgan fingerprint density at radius 1 is 1.20 bits per heavy atom. The van der Waals surface area contributed by atoms with Gasteiger partial charge in [0.1, 0.15) is 10.4 Å². The lowest BCUT2D eigenvalue weighted by molar-refractivity contribution is -0.131. The lowest BCUT2D eigenvalue weighted by Crippen LogP contribution is -1.96. The first-order chi connectivity index (χ1) is 12.1. The van der Waals surface area contributed by atoms with Gasteiger partial charge in [0.25, 0.3) is 5.22 Å². The molecule has 0 aliphatic carbocycles. The van der Waals surface area contributed by atoms with Crippen molar-refractivity contribution >= 4 is 45.8 Å². The number of fused-ring (bicyclic) bond motifs is 2. The summed E-state index contributed by atoms with van der Waals surface area (Å²) in [5, 5.41) is 10.9. The van der Waals surface area contributed by atoms with Crippen molar-refractivity contribution in [2.75, 3.05) is 0 Å². The Labute approximate surface area is 147 Å². The fourth-order valence-electron chi connectivity index (χ4n) is 2.75. The summed E-state index contributed by atoms with van der Waals surface area (Å²) in [4.78, 5) is 16.2. The summed E-state index contributed by atoms with van der Waals surface area (Å²) in [6, 6.07) is 15.2. The maximum absolute atomic E-state index is 11.7. The first-order valence-electron chi connectivity index (χ1n) is 7.64. The molecule has 0 fully saturated rings. The number of oxazole rings is 1. The molecular formula is C19H14N2O3S. The van der Waals surface area contributed by atoms with Crippen LogP contribution in [0, 0.1) is 0 Å². The molecule has 0 unspecified atom stereocenters. The van der Waals surface area contributed by atoms with E-state index in [0.29, 0.717) is 16.3 Å². The Bertz CT molecular complexity index is 1090. The summed E-state index contributed by atoms with van der Waals surface area (Å²) in [5.41, 5.74) is 3.24. The van der Waals surface area contributed by atoms with Gasteiger partial charge in [-0.1, -0.05) is 30.3 Å². The zero-order chi connectivity index (χ0) is 17.4. The zero-order valence-corrected chi connectivity index (χ0v) is 14.2. The molecule has 0 saturated heterocycles. The number of aliphatic carboxylic acids is 1. The van der Waals surface area contributed by atoms with E-state index in [0.717, 1.165) is 28.2 Å². The van der Waals surface area contributed by atoms with Crippen LogP contribution in [0.3, 0.4) is 0 Å². The molecule has 2 heterocycles. The van der Waals surface area contributed by atoms with Gasteiger partial charge in [0.2, 0.25) is 0 Å². The third kappa shape index (κ3) is 2.92. The van der Waals surface area contributed by atoms with Crippen LogP contribution in [0.1, 0.15) is 5.56 Å². The van der Waals surface area contributed by atoms with Crippen LogP contribution in [0.5, 0.6) is 0 Å². The Kier molecular flexibility index (Phi) is 3.82. The second-order valence-electron chi connectivity index (χ2n) is 5.58. The molecule has 4 aromatic rings. The van der Waals surface area contributed by atoms with E-state index in [1.165, 1.54) is 0 Å². The molecule has 0 atom stereocenters. The third-order valence-corrected chi connectivity index (χ3v) is 4.76. The highest BCUT2D eigenvalue weighted by Gasteiger charge is 2.16. The van der Waals surface area contributed by atoms with Gasteiger partial charge in [0.15, 0.2) is 5.58 Å². The molecule has 0 spiro atoms. The molecule has 2 aromatic carbocycles. The quantitative estimate of drug-likeness (QED) is 0.432. The SMILES string of the molecule is Cn1cc(/C=C(\Sc2nc3ccccc3o2)C(=O)O)c2ccccc21. The van der Waals surface area contributed by atoms with Gasteiger partial charge in [0, 0.05) is 29.7 Å². The second-order valence-corrected chi connectivity index (χ2v) is 6.57. The fourth-order valence-corrected chi connectivity index (χ4v) is 3.49. The number of thioether (sulfide) groups is 1.